The molecule has 1 spiro atoms. The van der Waals surface area contributed by atoms with Crippen LogP contribution in [0.1, 0.15) is 50.7 Å². The number of nitrogens with one attached hydrogen (secondary N) is 1. The van der Waals surface area contributed by atoms with Gasteiger partial charge in [0.1, 0.15) is 5.82 Å². The van der Waals surface area contributed by atoms with Crippen molar-refractivity contribution >= 4 is 0 Å². The van der Waals surface area contributed by atoms with E-state index in [0.717, 1.165) is 31.2 Å². The van der Waals surface area contributed by atoms with Gasteiger partial charge in [0.2, 0.25) is 0 Å². The maximum atomic E-state index is 12.9. The van der Waals surface area contributed by atoms with Gasteiger partial charge in [-0.05, 0) is 43.9 Å². The second-order valence-corrected chi connectivity index (χ2v) is 6.75. The van der Waals surface area contributed by atoms with Gasteiger partial charge >= 0.3 is 0 Å². The third kappa shape index (κ3) is 4.29. The third-order valence-corrected chi connectivity index (χ3v) is 4.91. The summed E-state index contributed by atoms with van der Waals surface area (Å²) in [4.78, 5) is 0. The fourth-order valence-corrected chi connectivity index (χ4v) is 3.64. The number of hydrogen-bond acceptors (Lipinski definition) is 4. The first-order chi connectivity index (χ1) is 11.1. The summed E-state index contributed by atoms with van der Waals surface area (Å²) in [5, 5.41) is 13.9. The minimum atomic E-state index is -0.575. The summed E-state index contributed by atoms with van der Waals surface area (Å²) in [5.74, 6) is -0.603. The lowest BCUT2D eigenvalue weighted by atomic mass is 9.89. The van der Waals surface area contributed by atoms with Gasteiger partial charge in [-0.3, -0.25) is 0 Å². The summed E-state index contributed by atoms with van der Waals surface area (Å²) in [6.07, 6.45) is 3.94. The Morgan fingerprint density at radius 1 is 1.22 bits per heavy atom. The van der Waals surface area contributed by atoms with E-state index in [0.29, 0.717) is 25.7 Å². The summed E-state index contributed by atoms with van der Waals surface area (Å²) in [7, 11) is 0. The van der Waals surface area contributed by atoms with Gasteiger partial charge < -0.3 is 19.9 Å². The van der Waals surface area contributed by atoms with E-state index in [9.17, 15) is 9.50 Å². The molecule has 2 fully saturated rings. The van der Waals surface area contributed by atoms with E-state index in [-0.39, 0.29) is 17.6 Å². The average Bonchev–Trinajstić information content (AvgIpc) is 2.99. The van der Waals surface area contributed by atoms with Gasteiger partial charge in [-0.25, -0.2) is 4.39 Å². The predicted molar refractivity (Wildman–Crippen MR) is 85.5 cm³/mol. The van der Waals surface area contributed by atoms with Gasteiger partial charge in [0.25, 0.3) is 0 Å². The summed E-state index contributed by atoms with van der Waals surface area (Å²) < 4.78 is 24.4. The SMILES string of the molecule is C[C@@H](C[C@H](O)c1ccc(F)cc1)NC1CCC2(CC1)OCCO2. The Bertz CT molecular complexity index is 491. The highest BCUT2D eigenvalue weighted by atomic mass is 19.1. The first kappa shape index (κ1) is 16.8. The van der Waals surface area contributed by atoms with Gasteiger partial charge in [0.05, 0.1) is 19.3 Å². The highest BCUT2D eigenvalue weighted by Gasteiger charge is 2.40. The second-order valence-electron chi connectivity index (χ2n) is 6.75. The molecule has 23 heavy (non-hydrogen) atoms. The summed E-state index contributed by atoms with van der Waals surface area (Å²) >= 11 is 0. The van der Waals surface area contributed by atoms with Crippen LogP contribution < -0.4 is 5.32 Å². The molecule has 1 aromatic carbocycles. The van der Waals surface area contributed by atoms with Crippen LogP contribution in [-0.4, -0.2) is 36.2 Å². The first-order valence-corrected chi connectivity index (χ1v) is 8.54. The van der Waals surface area contributed by atoms with Crippen LogP contribution in [0.15, 0.2) is 24.3 Å². The zero-order chi connectivity index (χ0) is 16.3. The van der Waals surface area contributed by atoms with Crippen molar-refractivity contribution in [3.8, 4) is 0 Å². The highest BCUT2D eigenvalue weighted by Crippen LogP contribution is 2.36. The maximum Gasteiger partial charge on any atom is 0.168 e. The standard InChI is InChI=1S/C18H26FNO3/c1-13(12-17(21)14-2-4-15(19)5-3-14)20-16-6-8-18(9-7-16)22-10-11-23-18/h2-5,13,16-17,20-21H,6-12H2,1H3/t13-,17-/m0/s1. The summed E-state index contributed by atoms with van der Waals surface area (Å²) in [5.41, 5.74) is 0.760. The van der Waals surface area contributed by atoms with Crippen molar-refractivity contribution in [2.24, 2.45) is 0 Å². The number of hydrogen-bond donors (Lipinski definition) is 2. The van der Waals surface area contributed by atoms with Crippen molar-refractivity contribution in [3.05, 3.63) is 35.6 Å². The van der Waals surface area contributed by atoms with E-state index in [1.54, 1.807) is 12.1 Å². The molecule has 4 nitrogen and oxygen atoms in total. The molecule has 2 N–H and O–H groups in total. The van der Waals surface area contributed by atoms with Crippen molar-refractivity contribution in [2.45, 2.75) is 63.0 Å². The fourth-order valence-electron chi connectivity index (χ4n) is 3.64. The van der Waals surface area contributed by atoms with E-state index in [2.05, 4.69) is 12.2 Å². The number of halogens is 1. The molecule has 1 aliphatic carbocycles. The van der Waals surface area contributed by atoms with Crippen molar-refractivity contribution in [2.75, 3.05) is 13.2 Å². The molecule has 1 aromatic rings. The quantitative estimate of drug-likeness (QED) is 0.875. The predicted octanol–water partition coefficient (Wildman–Crippen LogP) is 2.91. The van der Waals surface area contributed by atoms with Gasteiger partial charge in [-0.15, -0.1) is 0 Å². The molecule has 2 atom stereocenters. The van der Waals surface area contributed by atoms with Crippen LogP contribution in [0.25, 0.3) is 0 Å². The number of benzene rings is 1. The van der Waals surface area contributed by atoms with Crippen LogP contribution >= 0.6 is 0 Å². The Labute approximate surface area is 137 Å². The molecule has 0 radical (unpaired) electrons. The van der Waals surface area contributed by atoms with Crippen molar-refractivity contribution in [1.82, 2.24) is 5.32 Å². The minimum absolute atomic E-state index is 0.194. The second kappa shape index (κ2) is 7.26. The monoisotopic (exact) mass is 323 g/mol. The minimum Gasteiger partial charge on any atom is -0.388 e. The van der Waals surface area contributed by atoms with Crippen LogP contribution in [0.3, 0.4) is 0 Å². The molecule has 128 valence electrons. The largest absolute Gasteiger partial charge is 0.388 e. The maximum absolute atomic E-state index is 12.9. The van der Waals surface area contributed by atoms with Gasteiger partial charge in [0.15, 0.2) is 5.79 Å². The molecule has 0 bridgehead atoms. The normalized spacial score (nSPS) is 24.0. The Hall–Kier alpha value is -1.01. The molecule has 1 saturated heterocycles. The van der Waals surface area contributed by atoms with Crippen molar-refractivity contribution in [1.29, 1.82) is 0 Å². The average molecular weight is 323 g/mol. The zero-order valence-electron chi connectivity index (χ0n) is 13.6. The number of aliphatic hydroxyl groups excluding tert-OH is 1. The van der Waals surface area contributed by atoms with Crippen LogP contribution in [-0.2, 0) is 9.47 Å². The summed E-state index contributed by atoms with van der Waals surface area (Å²) in [6, 6.07) is 6.69. The highest BCUT2D eigenvalue weighted by molar-refractivity contribution is 5.18. The van der Waals surface area contributed by atoms with Crippen LogP contribution in [0.2, 0.25) is 0 Å². The lowest BCUT2D eigenvalue weighted by Crippen LogP contribution is -2.45. The van der Waals surface area contributed by atoms with Gasteiger partial charge in [-0.1, -0.05) is 12.1 Å². The van der Waals surface area contributed by atoms with Crippen molar-refractivity contribution in [3.63, 3.8) is 0 Å². The van der Waals surface area contributed by atoms with Gasteiger partial charge in [-0.2, -0.15) is 0 Å². The number of ether oxygens (including phenoxy) is 2. The molecule has 1 heterocycles. The summed E-state index contributed by atoms with van der Waals surface area (Å²) in [6.45, 7) is 3.50. The molecule has 1 saturated carbocycles. The Balaban J connectivity index is 1.44. The molecular formula is C18H26FNO3. The zero-order valence-corrected chi connectivity index (χ0v) is 13.6. The van der Waals surface area contributed by atoms with Crippen LogP contribution in [0.4, 0.5) is 4.39 Å². The molecule has 0 aromatic heterocycles. The molecule has 1 aliphatic heterocycles. The van der Waals surface area contributed by atoms with Crippen molar-refractivity contribution < 1.29 is 19.0 Å². The molecule has 3 rings (SSSR count). The van der Waals surface area contributed by atoms with E-state index in [4.69, 9.17) is 9.47 Å². The van der Waals surface area contributed by atoms with Crippen LogP contribution in [0, 0.1) is 5.82 Å². The molecular weight excluding hydrogens is 297 g/mol. The van der Waals surface area contributed by atoms with Crippen LogP contribution in [0.5, 0.6) is 0 Å². The number of aliphatic hydroxyl groups is 1. The van der Waals surface area contributed by atoms with E-state index >= 15 is 0 Å². The molecule has 0 unspecified atom stereocenters. The topological polar surface area (TPSA) is 50.7 Å². The van der Waals surface area contributed by atoms with E-state index in [1.165, 1.54) is 12.1 Å². The van der Waals surface area contributed by atoms with E-state index < -0.39 is 6.10 Å². The first-order valence-electron chi connectivity index (χ1n) is 8.54. The van der Waals surface area contributed by atoms with E-state index in [1.807, 2.05) is 0 Å². The Morgan fingerprint density at radius 2 is 1.83 bits per heavy atom. The number of rotatable bonds is 5. The van der Waals surface area contributed by atoms with Gasteiger partial charge in [0, 0.05) is 24.9 Å². The molecule has 0 amide bonds. The molecule has 5 heteroatoms. The third-order valence-electron chi connectivity index (χ3n) is 4.91. The molecule has 2 aliphatic rings. The fraction of sp³-hybridized carbons (Fsp3) is 0.667. The Kier molecular flexibility index (Phi) is 5.31. The lowest BCUT2D eigenvalue weighted by Gasteiger charge is -2.37. The Morgan fingerprint density at radius 3 is 2.43 bits per heavy atom. The lowest BCUT2D eigenvalue weighted by molar-refractivity contribution is -0.179. The smallest absolute Gasteiger partial charge is 0.168 e.